The van der Waals surface area contributed by atoms with Crippen LogP contribution < -0.4 is 5.73 Å². The maximum absolute atomic E-state index is 9.25. The molecule has 3 N–H and O–H groups in total. The van der Waals surface area contributed by atoms with E-state index in [4.69, 9.17) is 5.73 Å². The molecule has 0 aromatic rings. The monoisotopic (exact) mass is 129 g/mol. The molecule has 1 fully saturated rings. The van der Waals surface area contributed by atoms with Crippen molar-refractivity contribution in [3.8, 4) is 0 Å². The zero-order chi connectivity index (χ0) is 7.07. The van der Waals surface area contributed by atoms with Gasteiger partial charge < -0.3 is 10.8 Å². The first-order valence-corrected chi connectivity index (χ1v) is 3.48. The molecule has 0 spiro atoms. The first-order valence-electron chi connectivity index (χ1n) is 3.48. The standard InChI is InChI=1S/C7H15NO/c1-5-3-7(2,8)4-6(5)9/h5-6,9H,3-4,8H2,1-2H3/t5-,6+,7-/m1/s1. The molecule has 9 heavy (non-hydrogen) atoms. The summed E-state index contributed by atoms with van der Waals surface area (Å²) < 4.78 is 0. The number of aliphatic hydroxyl groups is 1. The minimum absolute atomic E-state index is 0.112. The Balaban J connectivity index is 2.54. The molecule has 2 nitrogen and oxygen atoms in total. The molecule has 54 valence electrons. The molecule has 0 aromatic heterocycles. The van der Waals surface area contributed by atoms with Crippen LogP contribution in [-0.4, -0.2) is 16.7 Å². The number of hydrogen-bond donors (Lipinski definition) is 2. The summed E-state index contributed by atoms with van der Waals surface area (Å²) in [6, 6.07) is 0. The van der Waals surface area contributed by atoms with Gasteiger partial charge in [-0.25, -0.2) is 0 Å². The van der Waals surface area contributed by atoms with E-state index in [9.17, 15) is 5.11 Å². The van der Waals surface area contributed by atoms with E-state index in [0.29, 0.717) is 5.92 Å². The summed E-state index contributed by atoms with van der Waals surface area (Å²) >= 11 is 0. The lowest BCUT2D eigenvalue weighted by Gasteiger charge is -2.15. The Bertz CT molecular complexity index is 99.5. The van der Waals surface area contributed by atoms with E-state index in [2.05, 4.69) is 0 Å². The van der Waals surface area contributed by atoms with Crippen molar-refractivity contribution in [3.63, 3.8) is 0 Å². The molecule has 0 amide bonds. The van der Waals surface area contributed by atoms with Crippen molar-refractivity contribution in [1.29, 1.82) is 0 Å². The fourth-order valence-corrected chi connectivity index (χ4v) is 1.63. The van der Waals surface area contributed by atoms with Crippen molar-refractivity contribution in [2.24, 2.45) is 11.7 Å². The second kappa shape index (κ2) is 1.96. The maximum atomic E-state index is 9.25. The Kier molecular flexibility index (Phi) is 1.53. The van der Waals surface area contributed by atoms with Gasteiger partial charge in [-0.1, -0.05) is 6.92 Å². The summed E-state index contributed by atoms with van der Waals surface area (Å²) in [6.07, 6.45) is 1.54. The average Bonchev–Trinajstić information content (AvgIpc) is 1.79. The highest BCUT2D eigenvalue weighted by atomic mass is 16.3. The third-order valence-corrected chi connectivity index (χ3v) is 2.12. The zero-order valence-corrected chi connectivity index (χ0v) is 6.09. The van der Waals surface area contributed by atoms with Crippen molar-refractivity contribution >= 4 is 0 Å². The first-order chi connectivity index (χ1) is 4.01. The smallest absolute Gasteiger partial charge is 0.0583 e. The largest absolute Gasteiger partial charge is 0.393 e. The van der Waals surface area contributed by atoms with E-state index < -0.39 is 0 Å². The quantitative estimate of drug-likeness (QED) is 0.500. The van der Waals surface area contributed by atoms with Crippen LogP contribution in [-0.2, 0) is 0 Å². The Morgan fingerprint density at radius 3 is 2.22 bits per heavy atom. The SMILES string of the molecule is C[C@@H]1C[C@@](C)(N)C[C@@H]1O. The van der Waals surface area contributed by atoms with Crippen LogP contribution in [0.2, 0.25) is 0 Å². The first kappa shape index (κ1) is 7.03. The van der Waals surface area contributed by atoms with Crippen molar-refractivity contribution in [2.75, 3.05) is 0 Å². The van der Waals surface area contributed by atoms with Gasteiger partial charge in [0, 0.05) is 5.54 Å². The third kappa shape index (κ3) is 1.43. The van der Waals surface area contributed by atoms with Gasteiger partial charge in [0.25, 0.3) is 0 Å². The molecule has 1 rings (SSSR count). The minimum atomic E-state index is -0.167. The third-order valence-electron chi connectivity index (χ3n) is 2.12. The van der Waals surface area contributed by atoms with Gasteiger partial charge in [0.1, 0.15) is 0 Å². The lowest BCUT2D eigenvalue weighted by Crippen LogP contribution is -2.32. The van der Waals surface area contributed by atoms with Crippen molar-refractivity contribution < 1.29 is 5.11 Å². The van der Waals surface area contributed by atoms with E-state index in [1.807, 2.05) is 13.8 Å². The lowest BCUT2D eigenvalue weighted by molar-refractivity contribution is 0.138. The number of aliphatic hydroxyl groups excluding tert-OH is 1. The molecular formula is C7H15NO. The molecule has 0 bridgehead atoms. The topological polar surface area (TPSA) is 46.2 Å². The van der Waals surface area contributed by atoms with Crippen LogP contribution in [0, 0.1) is 5.92 Å². The van der Waals surface area contributed by atoms with E-state index in [0.717, 1.165) is 12.8 Å². The summed E-state index contributed by atoms with van der Waals surface area (Å²) in [6.45, 7) is 4.04. The maximum Gasteiger partial charge on any atom is 0.0583 e. The highest BCUT2D eigenvalue weighted by Crippen LogP contribution is 2.31. The van der Waals surface area contributed by atoms with Gasteiger partial charge >= 0.3 is 0 Å². The van der Waals surface area contributed by atoms with Crippen molar-refractivity contribution in [2.45, 2.75) is 38.3 Å². The average molecular weight is 129 g/mol. The second-order valence-corrected chi connectivity index (χ2v) is 3.61. The lowest BCUT2D eigenvalue weighted by atomic mass is 10.0. The van der Waals surface area contributed by atoms with Crippen LogP contribution in [0.1, 0.15) is 26.7 Å². The van der Waals surface area contributed by atoms with E-state index >= 15 is 0 Å². The summed E-state index contributed by atoms with van der Waals surface area (Å²) in [7, 11) is 0. The number of hydrogen-bond acceptors (Lipinski definition) is 2. The van der Waals surface area contributed by atoms with Crippen LogP contribution in [0.25, 0.3) is 0 Å². The van der Waals surface area contributed by atoms with Crippen molar-refractivity contribution in [1.82, 2.24) is 0 Å². The highest BCUT2D eigenvalue weighted by molar-refractivity contribution is 4.93. The van der Waals surface area contributed by atoms with Gasteiger partial charge in [-0.05, 0) is 25.7 Å². The van der Waals surface area contributed by atoms with Gasteiger partial charge in [-0.15, -0.1) is 0 Å². The predicted molar refractivity (Wildman–Crippen MR) is 37.0 cm³/mol. The number of rotatable bonds is 0. The van der Waals surface area contributed by atoms with Gasteiger partial charge in [0.05, 0.1) is 6.10 Å². The van der Waals surface area contributed by atoms with Crippen LogP contribution in [0.3, 0.4) is 0 Å². The van der Waals surface area contributed by atoms with Crippen LogP contribution >= 0.6 is 0 Å². The molecule has 3 atom stereocenters. The van der Waals surface area contributed by atoms with E-state index in [1.54, 1.807) is 0 Å². The molecule has 0 unspecified atom stereocenters. The number of nitrogens with two attached hydrogens (primary N) is 1. The molecule has 0 aromatic carbocycles. The predicted octanol–water partition coefficient (Wildman–Crippen LogP) is 0.495. The molecule has 2 heteroatoms. The Morgan fingerprint density at radius 2 is 2.11 bits per heavy atom. The van der Waals surface area contributed by atoms with E-state index in [1.165, 1.54) is 0 Å². The van der Waals surface area contributed by atoms with Crippen LogP contribution in [0.15, 0.2) is 0 Å². The van der Waals surface area contributed by atoms with Gasteiger partial charge in [0.2, 0.25) is 0 Å². The Hall–Kier alpha value is -0.0800. The molecule has 0 aliphatic heterocycles. The van der Waals surface area contributed by atoms with Gasteiger partial charge in [-0.2, -0.15) is 0 Å². The molecule has 1 aliphatic carbocycles. The highest BCUT2D eigenvalue weighted by Gasteiger charge is 2.35. The van der Waals surface area contributed by atoms with Crippen LogP contribution in [0.5, 0.6) is 0 Å². The molecule has 1 saturated carbocycles. The summed E-state index contributed by atoms with van der Waals surface area (Å²) in [4.78, 5) is 0. The molecule has 0 saturated heterocycles. The molecule has 0 radical (unpaired) electrons. The Labute approximate surface area is 56.1 Å². The molecule has 0 heterocycles. The minimum Gasteiger partial charge on any atom is -0.393 e. The van der Waals surface area contributed by atoms with Crippen LogP contribution in [0.4, 0.5) is 0 Å². The summed E-state index contributed by atoms with van der Waals surface area (Å²) in [5, 5.41) is 9.25. The zero-order valence-electron chi connectivity index (χ0n) is 6.09. The Morgan fingerprint density at radius 1 is 1.56 bits per heavy atom. The van der Waals surface area contributed by atoms with E-state index in [-0.39, 0.29) is 11.6 Å². The molecular weight excluding hydrogens is 114 g/mol. The van der Waals surface area contributed by atoms with Gasteiger partial charge in [-0.3, -0.25) is 0 Å². The molecule has 1 aliphatic rings. The summed E-state index contributed by atoms with van der Waals surface area (Å²) in [5.74, 6) is 0.389. The normalized spacial score (nSPS) is 52.0. The second-order valence-electron chi connectivity index (χ2n) is 3.61. The van der Waals surface area contributed by atoms with Crippen molar-refractivity contribution in [3.05, 3.63) is 0 Å². The summed E-state index contributed by atoms with van der Waals surface area (Å²) in [5.41, 5.74) is 5.69. The fraction of sp³-hybridized carbons (Fsp3) is 1.00. The van der Waals surface area contributed by atoms with Gasteiger partial charge in [0.15, 0.2) is 0 Å². The fourth-order valence-electron chi connectivity index (χ4n) is 1.63.